The van der Waals surface area contributed by atoms with Gasteiger partial charge in [-0.25, -0.2) is 4.39 Å². The molecule has 1 N–H and O–H groups in total. The van der Waals surface area contributed by atoms with Gasteiger partial charge in [0.15, 0.2) is 0 Å². The number of halogens is 2. The molecule has 108 valence electrons. The number of aryl methyl sites for hydroxylation is 1. The van der Waals surface area contributed by atoms with Gasteiger partial charge in [-0.15, -0.1) is 0 Å². The highest BCUT2D eigenvalue weighted by Gasteiger charge is 2.16. The summed E-state index contributed by atoms with van der Waals surface area (Å²) in [7, 11) is 1.93. The maximum atomic E-state index is 13.4. The van der Waals surface area contributed by atoms with Crippen LogP contribution in [0.4, 0.5) is 4.39 Å². The maximum absolute atomic E-state index is 13.4. The Kier molecular flexibility index (Phi) is 4.60. The lowest BCUT2D eigenvalue weighted by molar-refractivity contribution is 0.612. The largest absolute Gasteiger partial charge is 0.313 e. The molecule has 0 saturated heterocycles. The highest BCUT2D eigenvalue weighted by Crippen LogP contribution is 2.24. The van der Waals surface area contributed by atoms with Crippen molar-refractivity contribution in [1.29, 1.82) is 0 Å². The first kappa shape index (κ1) is 15.2. The van der Waals surface area contributed by atoms with Gasteiger partial charge in [0.25, 0.3) is 0 Å². The van der Waals surface area contributed by atoms with Gasteiger partial charge in [0.2, 0.25) is 0 Å². The van der Waals surface area contributed by atoms with Crippen LogP contribution in [0, 0.1) is 19.7 Å². The third-order valence-corrected chi connectivity index (χ3v) is 4.40. The summed E-state index contributed by atoms with van der Waals surface area (Å²) < 4.78 is 16.2. The topological polar surface area (TPSA) is 29.9 Å². The highest BCUT2D eigenvalue weighted by molar-refractivity contribution is 9.10. The van der Waals surface area contributed by atoms with Gasteiger partial charge in [0.05, 0.1) is 12.2 Å². The molecule has 0 fully saturated rings. The van der Waals surface area contributed by atoms with Gasteiger partial charge in [-0.1, -0.05) is 15.9 Å². The quantitative estimate of drug-likeness (QED) is 0.919. The van der Waals surface area contributed by atoms with E-state index in [0.717, 1.165) is 21.4 Å². The Morgan fingerprint density at radius 1 is 1.40 bits per heavy atom. The average Bonchev–Trinajstić information content (AvgIpc) is 2.68. The van der Waals surface area contributed by atoms with Gasteiger partial charge >= 0.3 is 0 Å². The molecular formula is C15H19BrFN3. The maximum Gasteiger partial charge on any atom is 0.123 e. The molecule has 20 heavy (non-hydrogen) atoms. The van der Waals surface area contributed by atoms with Crippen molar-refractivity contribution in [2.45, 2.75) is 33.4 Å². The van der Waals surface area contributed by atoms with E-state index >= 15 is 0 Å². The van der Waals surface area contributed by atoms with Gasteiger partial charge in [-0.3, -0.25) is 4.68 Å². The van der Waals surface area contributed by atoms with Crippen molar-refractivity contribution in [3.63, 3.8) is 0 Å². The molecule has 0 saturated carbocycles. The Bertz CT molecular complexity index is 622. The van der Waals surface area contributed by atoms with E-state index in [1.165, 1.54) is 11.6 Å². The normalized spacial score (nSPS) is 12.7. The summed E-state index contributed by atoms with van der Waals surface area (Å²) in [6.07, 6.45) is 0. The van der Waals surface area contributed by atoms with Gasteiger partial charge in [-0.2, -0.15) is 5.10 Å². The molecule has 0 bridgehead atoms. The van der Waals surface area contributed by atoms with Crippen molar-refractivity contribution in [2.75, 3.05) is 7.05 Å². The van der Waals surface area contributed by atoms with E-state index in [1.54, 1.807) is 12.1 Å². The van der Waals surface area contributed by atoms with E-state index in [1.807, 2.05) is 18.7 Å². The van der Waals surface area contributed by atoms with E-state index in [-0.39, 0.29) is 11.9 Å². The molecule has 0 aliphatic rings. The standard InChI is InChI=1S/C15H19BrFN3/c1-9(18-4)15-10(2)19-20(11(15)3)8-12-7-13(17)5-6-14(12)16/h5-7,9,18H,8H2,1-4H3. The number of benzene rings is 1. The molecule has 2 rings (SSSR count). The second-order valence-electron chi connectivity index (χ2n) is 4.99. The molecule has 1 aromatic heterocycles. The summed E-state index contributed by atoms with van der Waals surface area (Å²) >= 11 is 3.46. The zero-order valence-electron chi connectivity index (χ0n) is 12.2. The molecule has 0 spiro atoms. The number of nitrogens with zero attached hydrogens (tertiary/aromatic N) is 2. The third-order valence-electron chi connectivity index (χ3n) is 3.63. The summed E-state index contributed by atoms with van der Waals surface area (Å²) in [5.74, 6) is -0.228. The van der Waals surface area contributed by atoms with Gasteiger partial charge in [0, 0.05) is 21.8 Å². The lowest BCUT2D eigenvalue weighted by Gasteiger charge is -2.12. The van der Waals surface area contributed by atoms with Crippen LogP contribution in [0.2, 0.25) is 0 Å². The van der Waals surface area contributed by atoms with Crippen LogP contribution in [0.15, 0.2) is 22.7 Å². The first-order chi connectivity index (χ1) is 9.43. The number of hydrogen-bond acceptors (Lipinski definition) is 2. The van der Waals surface area contributed by atoms with E-state index in [0.29, 0.717) is 6.54 Å². The molecule has 1 unspecified atom stereocenters. The van der Waals surface area contributed by atoms with E-state index < -0.39 is 0 Å². The minimum atomic E-state index is -0.228. The van der Waals surface area contributed by atoms with Crippen LogP contribution in [0.3, 0.4) is 0 Å². The fraction of sp³-hybridized carbons (Fsp3) is 0.400. The Morgan fingerprint density at radius 2 is 2.10 bits per heavy atom. The van der Waals surface area contributed by atoms with Crippen LogP contribution < -0.4 is 5.32 Å². The molecule has 0 radical (unpaired) electrons. The minimum Gasteiger partial charge on any atom is -0.313 e. The van der Waals surface area contributed by atoms with Gasteiger partial charge in [-0.05, 0) is 51.6 Å². The van der Waals surface area contributed by atoms with Crippen LogP contribution >= 0.6 is 15.9 Å². The number of hydrogen-bond donors (Lipinski definition) is 1. The monoisotopic (exact) mass is 339 g/mol. The Balaban J connectivity index is 2.37. The Hall–Kier alpha value is -1.20. The minimum absolute atomic E-state index is 0.228. The van der Waals surface area contributed by atoms with Gasteiger partial charge < -0.3 is 5.32 Å². The first-order valence-corrected chi connectivity index (χ1v) is 7.38. The smallest absolute Gasteiger partial charge is 0.123 e. The van der Waals surface area contributed by atoms with Crippen LogP contribution in [0.5, 0.6) is 0 Å². The number of nitrogens with one attached hydrogen (secondary N) is 1. The first-order valence-electron chi connectivity index (χ1n) is 6.59. The molecule has 0 aliphatic carbocycles. The van der Waals surface area contributed by atoms with Crippen molar-refractivity contribution >= 4 is 15.9 Å². The summed E-state index contributed by atoms with van der Waals surface area (Å²) in [5.41, 5.74) is 4.22. The van der Waals surface area contributed by atoms with Crippen molar-refractivity contribution < 1.29 is 4.39 Å². The highest BCUT2D eigenvalue weighted by atomic mass is 79.9. The average molecular weight is 340 g/mol. The lowest BCUT2D eigenvalue weighted by Crippen LogP contribution is -2.14. The SMILES string of the molecule is CNC(C)c1c(C)nn(Cc2cc(F)ccc2Br)c1C. The molecule has 1 aromatic carbocycles. The fourth-order valence-corrected chi connectivity index (χ4v) is 2.83. The van der Waals surface area contributed by atoms with Crippen LogP contribution in [-0.4, -0.2) is 16.8 Å². The van der Waals surface area contributed by atoms with Crippen LogP contribution in [0.1, 0.15) is 35.5 Å². The number of aromatic nitrogens is 2. The summed E-state index contributed by atoms with van der Waals surface area (Å²) in [6.45, 7) is 6.73. The van der Waals surface area contributed by atoms with Gasteiger partial charge in [0.1, 0.15) is 5.82 Å². The number of rotatable bonds is 4. The van der Waals surface area contributed by atoms with Crippen molar-refractivity contribution in [3.8, 4) is 0 Å². The van der Waals surface area contributed by atoms with E-state index in [2.05, 4.69) is 40.2 Å². The molecule has 3 nitrogen and oxygen atoms in total. The molecule has 1 atom stereocenters. The second-order valence-corrected chi connectivity index (χ2v) is 5.84. The zero-order valence-corrected chi connectivity index (χ0v) is 13.8. The molecule has 5 heteroatoms. The third kappa shape index (κ3) is 2.94. The van der Waals surface area contributed by atoms with Crippen LogP contribution in [-0.2, 0) is 6.54 Å². The van der Waals surface area contributed by atoms with Crippen molar-refractivity contribution in [3.05, 3.63) is 51.0 Å². The predicted molar refractivity (Wildman–Crippen MR) is 82.4 cm³/mol. The molecule has 0 aliphatic heterocycles. The molecular weight excluding hydrogens is 321 g/mol. The van der Waals surface area contributed by atoms with Crippen LogP contribution in [0.25, 0.3) is 0 Å². The zero-order chi connectivity index (χ0) is 14.9. The van der Waals surface area contributed by atoms with E-state index in [9.17, 15) is 4.39 Å². The fourth-order valence-electron chi connectivity index (χ4n) is 2.46. The summed E-state index contributed by atoms with van der Waals surface area (Å²) in [5, 5.41) is 7.82. The van der Waals surface area contributed by atoms with Crippen molar-refractivity contribution in [2.24, 2.45) is 0 Å². The molecule has 0 amide bonds. The van der Waals surface area contributed by atoms with E-state index in [4.69, 9.17) is 0 Å². The van der Waals surface area contributed by atoms with Crippen molar-refractivity contribution in [1.82, 2.24) is 15.1 Å². The Labute approximate surface area is 127 Å². The lowest BCUT2D eigenvalue weighted by atomic mass is 10.1. The molecule has 2 aromatic rings. The predicted octanol–water partition coefficient (Wildman–Crippen LogP) is 3.73. The Morgan fingerprint density at radius 3 is 2.75 bits per heavy atom. The second kappa shape index (κ2) is 6.06. The summed E-state index contributed by atoms with van der Waals surface area (Å²) in [4.78, 5) is 0. The summed E-state index contributed by atoms with van der Waals surface area (Å²) in [6, 6.07) is 4.97. The molecule has 1 heterocycles.